The second-order valence-corrected chi connectivity index (χ2v) is 6.32. The van der Waals surface area contributed by atoms with E-state index in [1.54, 1.807) is 37.2 Å². The predicted octanol–water partition coefficient (Wildman–Crippen LogP) is 5.84. The normalized spacial score (nSPS) is 9.61. The number of carbonyl (C=O) groups is 1. The number of nitrogens with one attached hydrogen (secondary N) is 1. The first-order valence-corrected chi connectivity index (χ1v) is 9.36. The quantitative estimate of drug-likeness (QED) is 0.326. The van der Waals surface area contributed by atoms with Gasteiger partial charge in [0.1, 0.15) is 0 Å². The van der Waals surface area contributed by atoms with E-state index in [0.29, 0.717) is 0 Å². The van der Waals surface area contributed by atoms with Gasteiger partial charge in [0.25, 0.3) is 0 Å². The van der Waals surface area contributed by atoms with Crippen molar-refractivity contribution < 1.29 is 4.79 Å². The van der Waals surface area contributed by atoms with Crippen LogP contribution in [0.15, 0.2) is 114 Å². The van der Waals surface area contributed by atoms with E-state index in [1.807, 2.05) is 78.9 Å². The van der Waals surface area contributed by atoms with E-state index in [1.165, 1.54) is 0 Å². The summed E-state index contributed by atoms with van der Waals surface area (Å²) >= 11 is 3.27. The summed E-state index contributed by atoms with van der Waals surface area (Å²) in [5.74, 6) is 0.0319. The average Bonchev–Trinajstić information content (AvgIpc) is 3.35. The van der Waals surface area contributed by atoms with Crippen LogP contribution in [0.5, 0.6) is 0 Å². The molecule has 0 spiro atoms. The molecule has 2 heterocycles. The van der Waals surface area contributed by atoms with E-state index in [2.05, 4.69) is 30.9 Å². The molecule has 1 N–H and O–H groups in total. The molecule has 0 fully saturated rings. The fourth-order valence-electron chi connectivity index (χ4n) is 1.98. The topological polar surface area (TPSA) is 58.6 Å². The zero-order valence-corrected chi connectivity index (χ0v) is 16.7. The number of imidazole rings is 1. The molecule has 0 saturated carbocycles. The fourth-order valence-corrected chi connectivity index (χ4v) is 2.22. The lowest BCUT2D eigenvalue weighted by molar-refractivity contribution is 0.104. The second-order valence-electron chi connectivity index (χ2n) is 5.40. The maximum atomic E-state index is 11.7. The lowest BCUT2D eigenvalue weighted by Crippen LogP contribution is -1.92. The molecule has 4 nitrogen and oxygen atoms in total. The first-order chi connectivity index (χ1) is 13.8. The third-order valence-corrected chi connectivity index (χ3v) is 3.86. The highest BCUT2D eigenvalue weighted by atomic mass is 79.9. The van der Waals surface area contributed by atoms with Crippen molar-refractivity contribution in [1.82, 2.24) is 15.0 Å². The van der Waals surface area contributed by atoms with Crippen molar-refractivity contribution >= 4 is 27.8 Å². The van der Waals surface area contributed by atoms with Crippen LogP contribution in [0.1, 0.15) is 15.9 Å². The summed E-state index contributed by atoms with van der Waals surface area (Å²) in [4.78, 5) is 22.0. The van der Waals surface area contributed by atoms with Gasteiger partial charge in [0.15, 0.2) is 5.78 Å². The van der Waals surface area contributed by atoms with Gasteiger partial charge in [-0.15, -0.1) is 0 Å². The molecule has 0 aliphatic carbocycles. The number of hydrogen-bond donors (Lipinski definition) is 1. The molecular weight excluding hydrogens is 414 g/mol. The number of aromatic nitrogens is 3. The standard InChI is InChI=1S/C15H12O.C5H4BrN.C3H4N2/c16-15(14-9-5-2-6-10-14)12-11-13-7-3-1-4-8-13;6-5-1-3-7-4-2-5;1-2-5-3-4-1/h1-12H;1-4H;1-3H,(H,4,5). The van der Waals surface area contributed by atoms with Gasteiger partial charge in [0.2, 0.25) is 0 Å². The summed E-state index contributed by atoms with van der Waals surface area (Å²) in [5, 5.41) is 0. The summed E-state index contributed by atoms with van der Waals surface area (Å²) in [6.07, 6.45) is 12.0. The Morgan fingerprint density at radius 3 is 1.93 bits per heavy atom. The summed E-state index contributed by atoms with van der Waals surface area (Å²) in [7, 11) is 0. The molecule has 4 aromatic rings. The number of benzene rings is 2. The number of ketones is 1. The Bertz CT molecular complexity index is 908. The minimum Gasteiger partial charge on any atom is -0.351 e. The Morgan fingerprint density at radius 1 is 0.821 bits per heavy atom. The molecular formula is C23H20BrN3O. The molecule has 0 saturated heterocycles. The molecule has 0 radical (unpaired) electrons. The number of H-pyrrole nitrogens is 1. The van der Waals surface area contributed by atoms with Crippen LogP contribution in [-0.4, -0.2) is 20.7 Å². The molecule has 0 atom stereocenters. The highest BCUT2D eigenvalue weighted by Gasteiger charge is 1.98. The van der Waals surface area contributed by atoms with E-state index in [0.717, 1.165) is 15.6 Å². The largest absolute Gasteiger partial charge is 0.351 e. The molecule has 0 unspecified atom stereocenters. The Balaban J connectivity index is 0.000000190. The van der Waals surface area contributed by atoms with Crippen molar-refractivity contribution in [2.75, 3.05) is 0 Å². The van der Waals surface area contributed by atoms with Gasteiger partial charge in [-0.1, -0.05) is 82.7 Å². The smallest absolute Gasteiger partial charge is 0.185 e. The minimum atomic E-state index is 0.0319. The molecule has 0 aliphatic rings. The average molecular weight is 434 g/mol. The van der Waals surface area contributed by atoms with Crippen LogP contribution in [0.2, 0.25) is 0 Å². The third kappa shape index (κ3) is 8.87. The minimum absolute atomic E-state index is 0.0319. The Labute approximate surface area is 173 Å². The Morgan fingerprint density at radius 2 is 1.46 bits per heavy atom. The van der Waals surface area contributed by atoms with Crippen LogP contribution in [0.3, 0.4) is 0 Å². The fraction of sp³-hybridized carbons (Fsp3) is 0. The van der Waals surface area contributed by atoms with Crippen molar-refractivity contribution in [3.05, 3.63) is 126 Å². The number of allylic oxidation sites excluding steroid dienone is 1. The van der Waals surface area contributed by atoms with Crippen molar-refractivity contribution in [1.29, 1.82) is 0 Å². The monoisotopic (exact) mass is 433 g/mol. The van der Waals surface area contributed by atoms with Gasteiger partial charge in [-0.05, 0) is 23.8 Å². The number of nitrogens with zero attached hydrogens (tertiary/aromatic N) is 2. The SMILES string of the molecule is Brc1ccncc1.O=C(C=Cc1ccccc1)c1ccccc1.c1c[nH]cn1. The van der Waals surface area contributed by atoms with Gasteiger partial charge in [0.05, 0.1) is 6.33 Å². The molecule has 0 amide bonds. The van der Waals surface area contributed by atoms with Crippen LogP contribution in [-0.2, 0) is 0 Å². The van der Waals surface area contributed by atoms with Crippen LogP contribution in [0.25, 0.3) is 6.08 Å². The summed E-state index contributed by atoms with van der Waals surface area (Å²) in [6, 6.07) is 22.8. The molecule has 2 aromatic heterocycles. The van der Waals surface area contributed by atoms with Gasteiger partial charge in [-0.2, -0.15) is 0 Å². The van der Waals surface area contributed by atoms with Crippen LogP contribution in [0.4, 0.5) is 0 Å². The van der Waals surface area contributed by atoms with Crippen molar-refractivity contribution in [2.24, 2.45) is 0 Å². The molecule has 28 heavy (non-hydrogen) atoms. The van der Waals surface area contributed by atoms with Crippen LogP contribution >= 0.6 is 15.9 Å². The van der Waals surface area contributed by atoms with Gasteiger partial charge < -0.3 is 4.98 Å². The number of hydrogen-bond acceptors (Lipinski definition) is 3. The first-order valence-electron chi connectivity index (χ1n) is 8.56. The first kappa shape index (κ1) is 21.0. The zero-order chi connectivity index (χ0) is 19.9. The lowest BCUT2D eigenvalue weighted by Gasteiger charge is -1.94. The molecule has 140 valence electrons. The Hall–Kier alpha value is -3.31. The maximum absolute atomic E-state index is 11.7. The van der Waals surface area contributed by atoms with Gasteiger partial charge in [0, 0.05) is 34.8 Å². The van der Waals surface area contributed by atoms with E-state index < -0.39 is 0 Å². The van der Waals surface area contributed by atoms with Gasteiger partial charge in [-0.3, -0.25) is 9.78 Å². The summed E-state index contributed by atoms with van der Waals surface area (Å²) in [6.45, 7) is 0. The highest BCUT2D eigenvalue weighted by Crippen LogP contribution is 2.05. The zero-order valence-electron chi connectivity index (χ0n) is 15.2. The Kier molecular flexibility index (Phi) is 9.71. The van der Waals surface area contributed by atoms with Crippen LogP contribution in [0, 0.1) is 0 Å². The molecule has 5 heteroatoms. The molecule has 4 rings (SSSR count). The number of rotatable bonds is 3. The van der Waals surface area contributed by atoms with E-state index in [9.17, 15) is 4.79 Å². The summed E-state index contributed by atoms with van der Waals surface area (Å²) in [5.41, 5.74) is 1.75. The van der Waals surface area contributed by atoms with Crippen molar-refractivity contribution in [2.45, 2.75) is 0 Å². The molecule has 0 bridgehead atoms. The predicted molar refractivity (Wildman–Crippen MR) is 117 cm³/mol. The number of carbonyl (C=O) groups excluding carboxylic acids is 1. The molecule has 2 aromatic carbocycles. The van der Waals surface area contributed by atoms with Gasteiger partial charge >= 0.3 is 0 Å². The number of pyridine rings is 1. The number of aromatic amines is 1. The highest BCUT2D eigenvalue weighted by molar-refractivity contribution is 9.10. The molecule has 0 aliphatic heterocycles. The lowest BCUT2D eigenvalue weighted by atomic mass is 10.1. The van der Waals surface area contributed by atoms with Crippen LogP contribution < -0.4 is 0 Å². The number of halogens is 1. The second kappa shape index (κ2) is 12.9. The van der Waals surface area contributed by atoms with E-state index in [-0.39, 0.29) is 5.78 Å². The van der Waals surface area contributed by atoms with Gasteiger partial charge in [-0.25, -0.2) is 4.98 Å². The van der Waals surface area contributed by atoms with E-state index >= 15 is 0 Å². The summed E-state index contributed by atoms with van der Waals surface area (Å²) < 4.78 is 1.07. The van der Waals surface area contributed by atoms with Crippen molar-refractivity contribution in [3.63, 3.8) is 0 Å². The van der Waals surface area contributed by atoms with Crippen molar-refractivity contribution in [3.8, 4) is 0 Å². The third-order valence-electron chi connectivity index (χ3n) is 3.33. The van der Waals surface area contributed by atoms with E-state index in [4.69, 9.17) is 0 Å². The maximum Gasteiger partial charge on any atom is 0.185 e.